The summed E-state index contributed by atoms with van der Waals surface area (Å²) in [6, 6.07) is 6.58. The lowest BCUT2D eigenvalue weighted by Crippen LogP contribution is -2.03. The molecule has 2 aromatic rings. The summed E-state index contributed by atoms with van der Waals surface area (Å²) in [5.74, 6) is 5.05. The van der Waals surface area contributed by atoms with E-state index in [9.17, 15) is 0 Å². The first kappa shape index (κ1) is 9.87. The van der Waals surface area contributed by atoms with Crippen LogP contribution >= 0.6 is 0 Å². The normalized spacial score (nSPS) is 14.6. The minimum absolute atomic E-state index is 0.581. The van der Waals surface area contributed by atoms with Gasteiger partial charge in [-0.2, -0.15) is 0 Å². The van der Waals surface area contributed by atoms with E-state index in [4.69, 9.17) is 5.90 Å². The second-order valence-electron chi connectivity index (χ2n) is 4.44. The van der Waals surface area contributed by atoms with E-state index in [0.717, 1.165) is 6.42 Å². The number of H-pyrrole nitrogens is 1. The standard InChI is InChI=1S/C13H16N2O/c14-16-7-6-9-4-5-13-11(8-9)10-2-1-3-12(10)15-13/h4-5,8,15H,1-3,6-7,14H2. The molecule has 1 heterocycles. The number of aromatic amines is 1. The number of aromatic nitrogens is 1. The summed E-state index contributed by atoms with van der Waals surface area (Å²) >= 11 is 0. The molecule has 0 fully saturated rings. The Morgan fingerprint density at radius 1 is 1.31 bits per heavy atom. The molecule has 16 heavy (non-hydrogen) atoms. The second-order valence-corrected chi connectivity index (χ2v) is 4.44. The summed E-state index contributed by atoms with van der Waals surface area (Å²) in [7, 11) is 0. The van der Waals surface area contributed by atoms with Crippen LogP contribution in [0.25, 0.3) is 10.9 Å². The van der Waals surface area contributed by atoms with Crippen molar-refractivity contribution in [3.63, 3.8) is 0 Å². The molecule has 0 spiro atoms. The number of nitrogens with one attached hydrogen (secondary N) is 1. The minimum Gasteiger partial charge on any atom is -0.358 e. The maximum Gasteiger partial charge on any atom is 0.0719 e. The molecule has 3 nitrogen and oxygen atoms in total. The Morgan fingerprint density at radius 2 is 2.25 bits per heavy atom. The highest BCUT2D eigenvalue weighted by molar-refractivity contribution is 5.85. The maximum absolute atomic E-state index is 5.05. The van der Waals surface area contributed by atoms with Crippen LogP contribution in [0.4, 0.5) is 0 Å². The van der Waals surface area contributed by atoms with Gasteiger partial charge in [0.1, 0.15) is 0 Å². The first-order chi connectivity index (χ1) is 7.88. The molecule has 0 saturated carbocycles. The van der Waals surface area contributed by atoms with Crippen molar-refractivity contribution in [1.29, 1.82) is 0 Å². The predicted molar refractivity (Wildman–Crippen MR) is 64.2 cm³/mol. The van der Waals surface area contributed by atoms with Gasteiger partial charge in [-0.25, -0.2) is 5.90 Å². The van der Waals surface area contributed by atoms with Gasteiger partial charge in [-0.3, -0.25) is 0 Å². The van der Waals surface area contributed by atoms with Crippen LogP contribution < -0.4 is 5.90 Å². The molecular weight excluding hydrogens is 200 g/mol. The van der Waals surface area contributed by atoms with Crippen molar-refractivity contribution >= 4 is 10.9 Å². The maximum atomic E-state index is 5.05. The van der Waals surface area contributed by atoms with Crippen molar-refractivity contribution in [2.24, 2.45) is 5.90 Å². The smallest absolute Gasteiger partial charge is 0.0719 e. The average Bonchev–Trinajstić information content (AvgIpc) is 2.86. The van der Waals surface area contributed by atoms with E-state index in [1.165, 1.54) is 47.0 Å². The van der Waals surface area contributed by atoms with Crippen LogP contribution in [-0.2, 0) is 24.1 Å². The van der Waals surface area contributed by atoms with Crippen LogP contribution in [-0.4, -0.2) is 11.6 Å². The minimum atomic E-state index is 0.581. The summed E-state index contributed by atoms with van der Waals surface area (Å²) in [5.41, 5.74) is 5.52. The van der Waals surface area contributed by atoms with Gasteiger partial charge in [-0.1, -0.05) is 6.07 Å². The van der Waals surface area contributed by atoms with E-state index in [2.05, 4.69) is 28.0 Å². The molecule has 0 amide bonds. The Labute approximate surface area is 94.5 Å². The van der Waals surface area contributed by atoms with Crippen molar-refractivity contribution in [1.82, 2.24) is 4.98 Å². The lowest BCUT2D eigenvalue weighted by Gasteiger charge is -2.01. The largest absolute Gasteiger partial charge is 0.358 e. The molecule has 0 radical (unpaired) electrons. The SMILES string of the molecule is NOCCc1ccc2[nH]c3c(c2c1)CCC3. The molecule has 3 rings (SSSR count). The highest BCUT2D eigenvalue weighted by atomic mass is 16.6. The lowest BCUT2D eigenvalue weighted by molar-refractivity contribution is 0.141. The Bertz CT molecular complexity index is 516. The van der Waals surface area contributed by atoms with E-state index in [-0.39, 0.29) is 0 Å². The highest BCUT2D eigenvalue weighted by Crippen LogP contribution is 2.30. The fourth-order valence-corrected chi connectivity index (χ4v) is 2.62. The molecule has 1 aliphatic rings. The monoisotopic (exact) mass is 216 g/mol. The topological polar surface area (TPSA) is 51.0 Å². The van der Waals surface area contributed by atoms with Crippen molar-refractivity contribution in [3.05, 3.63) is 35.0 Å². The van der Waals surface area contributed by atoms with E-state index < -0.39 is 0 Å². The third-order valence-electron chi connectivity index (χ3n) is 3.42. The van der Waals surface area contributed by atoms with Crippen molar-refractivity contribution < 1.29 is 4.84 Å². The first-order valence-corrected chi connectivity index (χ1v) is 5.82. The van der Waals surface area contributed by atoms with Crippen molar-refractivity contribution in [3.8, 4) is 0 Å². The fourth-order valence-electron chi connectivity index (χ4n) is 2.62. The Kier molecular flexibility index (Phi) is 2.42. The van der Waals surface area contributed by atoms with Gasteiger partial charge in [0.25, 0.3) is 0 Å². The van der Waals surface area contributed by atoms with Gasteiger partial charge in [0.2, 0.25) is 0 Å². The van der Waals surface area contributed by atoms with Gasteiger partial charge in [-0.05, 0) is 48.9 Å². The number of hydrogen-bond acceptors (Lipinski definition) is 2. The van der Waals surface area contributed by atoms with Crippen LogP contribution in [0.5, 0.6) is 0 Å². The number of rotatable bonds is 3. The predicted octanol–water partition coefficient (Wildman–Crippen LogP) is 2.09. The van der Waals surface area contributed by atoms with Crippen molar-refractivity contribution in [2.75, 3.05) is 6.61 Å². The van der Waals surface area contributed by atoms with Crippen LogP contribution in [0.15, 0.2) is 18.2 Å². The molecule has 0 saturated heterocycles. The number of nitrogens with two attached hydrogens (primary N) is 1. The summed E-state index contributed by atoms with van der Waals surface area (Å²) in [6.07, 6.45) is 4.58. The van der Waals surface area contributed by atoms with Crippen LogP contribution in [0.1, 0.15) is 23.2 Å². The first-order valence-electron chi connectivity index (χ1n) is 5.82. The van der Waals surface area contributed by atoms with Crippen LogP contribution in [0.2, 0.25) is 0 Å². The zero-order valence-corrected chi connectivity index (χ0v) is 9.25. The van der Waals surface area contributed by atoms with Crippen LogP contribution in [0.3, 0.4) is 0 Å². The Morgan fingerprint density at radius 3 is 3.12 bits per heavy atom. The Balaban J connectivity index is 2.02. The summed E-state index contributed by atoms with van der Waals surface area (Å²) in [4.78, 5) is 8.13. The summed E-state index contributed by atoms with van der Waals surface area (Å²) in [6.45, 7) is 0.581. The quantitative estimate of drug-likeness (QED) is 0.772. The summed E-state index contributed by atoms with van der Waals surface area (Å²) in [5, 5.41) is 1.39. The molecule has 84 valence electrons. The fraction of sp³-hybridized carbons (Fsp3) is 0.385. The van der Waals surface area contributed by atoms with Gasteiger partial charge in [0, 0.05) is 16.6 Å². The summed E-state index contributed by atoms with van der Waals surface area (Å²) < 4.78 is 0. The van der Waals surface area contributed by atoms with Gasteiger partial charge in [0.05, 0.1) is 6.61 Å². The molecule has 0 atom stereocenters. The molecule has 0 aliphatic heterocycles. The third kappa shape index (κ3) is 1.52. The number of benzene rings is 1. The number of hydrogen-bond donors (Lipinski definition) is 2. The van der Waals surface area contributed by atoms with E-state index >= 15 is 0 Å². The van der Waals surface area contributed by atoms with Gasteiger partial charge in [-0.15, -0.1) is 0 Å². The molecule has 1 aliphatic carbocycles. The second kappa shape index (κ2) is 3.92. The van der Waals surface area contributed by atoms with Gasteiger partial charge in [0.15, 0.2) is 0 Å². The van der Waals surface area contributed by atoms with E-state index in [0.29, 0.717) is 6.61 Å². The van der Waals surface area contributed by atoms with E-state index in [1.807, 2.05) is 0 Å². The Hall–Kier alpha value is -1.32. The average molecular weight is 216 g/mol. The van der Waals surface area contributed by atoms with Crippen molar-refractivity contribution in [2.45, 2.75) is 25.7 Å². The van der Waals surface area contributed by atoms with Crippen LogP contribution in [0, 0.1) is 0 Å². The molecular formula is C13H16N2O. The zero-order valence-electron chi connectivity index (χ0n) is 9.25. The lowest BCUT2D eigenvalue weighted by atomic mass is 10.1. The van der Waals surface area contributed by atoms with Gasteiger partial charge >= 0.3 is 0 Å². The zero-order chi connectivity index (χ0) is 11.0. The molecule has 1 aromatic carbocycles. The highest BCUT2D eigenvalue weighted by Gasteiger charge is 2.16. The molecule has 0 bridgehead atoms. The molecule has 3 N–H and O–H groups in total. The molecule has 1 aromatic heterocycles. The van der Waals surface area contributed by atoms with E-state index in [1.54, 1.807) is 0 Å². The van der Waals surface area contributed by atoms with Gasteiger partial charge < -0.3 is 9.82 Å². The molecule has 3 heteroatoms. The molecule has 0 unspecified atom stereocenters. The number of fused-ring (bicyclic) bond motifs is 3. The number of aryl methyl sites for hydroxylation is 2. The third-order valence-corrected chi connectivity index (χ3v) is 3.42.